The van der Waals surface area contributed by atoms with Gasteiger partial charge in [0, 0.05) is 22.2 Å². The fourth-order valence-electron chi connectivity index (χ4n) is 2.99. The largest absolute Gasteiger partial charge is 0.493 e. The fourth-order valence-corrected chi connectivity index (χ4v) is 4.13. The number of anilines is 1. The van der Waals surface area contributed by atoms with Crippen molar-refractivity contribution in [3.8, 4) is 11.5 Å². The molecule has 0 unspecified atom stereocenters. The molecule has 5 nitrogen and oxygen atoms in total. The van der Waals surface area contributed by atoms with Crippen molar-refractivity contribution in [3.63, 3.8) is 0 Å². The monoisotopic (exact) mass is 415 g/mol. The number of rotatable bonds is 5. The minimum absolute atomic E-state index is 0.188. The lowest BCUT2D eigenvalue weighted by atomic mass is 10.2. The van der Waals surface area contributed by atoms with E-state index >= 15 is 0 Å². The molecule has 1 aliphatic heterocycles. The van der Waals surface area contributed by atoms with Crippen LogP contribution >= 0.6 is 23.4 Å². The molecule has 0 atom stereocenters. The Morgan fingerprint density at radius 2 is 2.00 bits per heavy atom. The zero-order valence-electron chi connectivity index (χ0n) is 15.2. The average molecular weight is 416 g/mol. The summed E-state index contributed by atoms with van der Waals surface area (Å²) in [5.41, 5.74) is 0.817. The maximum absolute atomic E-state index is 13.0. The molecule has 1 aliphatic rings. The molecular weight excluding hydrogens is 398 g/mol. The third-order valence-corrected chi connectivity index (χ3v) is 5.62. The van der Waals surface area contributed by atoms with Crippen LogP contribution in [0.4, 0.5) is 5.69 Å². The lowest BCUT2D eigenvalue weighted by Crippen LogP contribution is -2.35. The van der Waals surface area contributed by atoms with Gasteiger partial charge in [0.15, 0.2) is 17.3 Å². The van der Waals surface area contributed by atoms with Crippen LogP contribution in [0.5, 0.6) is 11.5 Å². The molecule has 3 aromatic rings. The lowest BCUT2D eigenvalue weighted by Gasteiger charge is -2.28. The van der Waals surface area contributed by atoms with Crippen molar-refractivity contribution < 1.29 is 18.7 Å². The Balaban J connectivity index is 1.49. The van der Waals surface area contributed by atoms with Crippen LogP contribution in [0.3, 0.4) is 0 Å². The standard InChI is InChI=1S/C21H18ClNO4S/c1-25-17-4-2-3-5-18(17)26-13-15-7-8-19(27-15)21(24)23-10-11-28-20-9-6-14(22)12-16(20)23/h2-9,12H,10-11,13H2,1H3. The first-order valence-corrected chi connectivity index (χ1v) is 10.1. The highest BCUT2D eigenvalue weighted by molar-refractivity contribution is 7.99. The number of carbonyl (C=O) groups is 1. The average Bonchev–Trinajstić information content (AvgIpc) is 3.20. The molecule has 1 amide bonds. The maximum atomic E-state index is 13.0. The van der Waals surface area contributed by atoms with Crippen molar-refractivity contribution in [2.75, 3.05) is 24.3 Å². The highest BCUT2D eigenvalue weighted by Crippen LogP contribution is 2.37. The summed E-state index contributed by atoms with van der Waals surface area (Å²) in [4.78, 5) is 15.7. The molecule has 0 radical (unpaired) electrons. The van der Waals surface area contributed by atoms with E-state index in [1.807, 2.05) is 42.5 Å². The number of amides is 1. The second-order valence-corrected chi connectivity index (χ2v) is 7.70. The Morgan fingerprint density at radius 1 is 1.18 bits per heavy atom. The first-order valence-electron chi connectivity index (χ1n) is 8.74. The van der Waals surface area contributed by atoms with Gasteiger partial charge in [-0.15, -0.1) is 11.8 Å². The second kappa shape index (κ2) is 8.20. The molecule has 0 bridgehead atoms. The Morgan fingerprint density at radius 3 is 2.82 bits per heavy atom. The number of furan rings is 1. The van der Waals surface area contributed by atoms with Crippen LogP contribution in [-0.2, 0) is 6.61 Å². The van der Waals surface area contributed by atoms with Gasteiger partial charge < -0.3 is 18.8 Å². The molecule has 144 valence electrons. The van der Waals surface area contributed by atoms with Gasteiger partial charge in [0.1, 0.15) is 12.4 Å². The molecule has 4 rings (SSSR count). The molecule has 28 heavy (non-hydrogen) atoms. The zero-order valence-corrected chi connectivity index (χ0v) is 16.8. The highest BCUT2D eigenvalue weighted by Gasteiger charge is 2.26. The van der Waals surface area contributed by atoms with E-state index in [1.165, 1.54) is 0 Å². The SMILES string of the molecule is COc1ccccc1OCc1ccc(C(=O)N2CCSc3ccc(Cl)cc32)o1. The zero-order chi connectivity index (χ0) is 19.5. The van der Waals surface area contributed by atoms with E-state index in [1.54, 1.807) is 35.9 Å². The summed E-state index contributed by atoms with van der Waals surface area (Å²) in [6.07, 6.45) is 0. The first-order chi connectivity index (χ1) is 13.7. The minimum atomic E-state index is -0.188. The van der Waals surface area contributed by atoms with Gasteiger partial charge in [0.05, 0.1) is 12.8 Å². The third-order valence-electron chi connectivity index (χ3n) is 4.34. The smallest absolute Gasteiger partial charge is 0.294 e. The predicted molar refractivity (Wildman–Crippen MR) is 110 cm³/mol. The van der Waals surface area contributed by atoms with Crippen LogP contribution in [0.25, 0.3) is 0 Å². The number of methoxy groups -OCH3 is 1. The number of benzene rings is 2. The number of halogens is 1. The van der Waals surface area contributed by atoms with Crippen LogP contribution < -0.4 is 14.4 Å². The van der Waals surface area contributed by atoms with Gasteiger partial charge in [0.2, 0.25) is 0 Å². The summed E-state index contributed by atoms with van der Waals surface area (Å²) >= 11 is 7.84. The number of nitrogens with zero attached hydrogens (tertiary/aromatic N) is 1. The number of ether oxygens (including phenoxy) is 2. The van der Waals surface area contributed by atoms with Crippen LogP contribution in [0.2, 0.25) is 5.02 Å². The minimum Gasteiger partial charge on any atom is -0.493 e. The molecule has 0 saturated carbocycles. The summed E-state index contributed by atoms with van der Waals surface area (Å²) < 4.78 is 16.8. The van der Waals surface area contributed by atoms with Gasteiger partial charge in [-0.3, -0.25) is 4.79 Å². The van der Waals surface area contributed by atoms with Gasteiger partial charge in [-0.05, 0) is 42.5 Å². The normalized spacial score (nSPS) is 13.1. The van der Waals surface area contributed by atoms with Crippen LogP contribution in [0.15, 0.2) is 63.9 Å². The molecule has 0 fully saturated rings. The quantitative estimate of drug-likeness (QED) is 0.568. The Hall–Kier alpha value is -2.57. The summed E-state index contributed by atoms with van der Waals surface area (Å²) in [5, 5.41) is 0.601. The van der Waals surface area contributed by atoms with Crippen LogP contribution in [-0.4, -0.2) is 25.3 Å². The molecule has 2 heterocycles. The van der Waals surface area contributed by atoms with E-state index in [2.05, 4.69) is 0 Å². The number of carbonyl (C=O) groups excluding carboxylic acids is 1. The maximum Gasteiger partial charge on any atom is 0.294 e. The second-order valence-electron chi connectivity index (χ2n) is 6.12. The van der Waals surface area contributed by atoms with Crippen LogP contribution in [0.1, 0.15) is 16.3 Å². The highest BCUT2D eigenvalue weighted by atomic mass is 35.5. The Kier molecular flexibility index (Phi) is 5.50. The van der Waals surface area contributed by atoms with E-state index in [4.69, 9.17) is 25.5 Å². The van der Waals surface area contributed by atoms with Crippen molar-refractivity contribution in [3.05, 3.63) is 71.1 Å². The van der Waals surface area contributed by atoms with E-state index in [0.717, 1.165) is 16.3 Å². The molecular formula is C21H18ClNO4S. The van der Waals surface area contributed by atoms with Gasteiger partial charge in [0.25, 0.3) is 5.91 Å². The van der Waals surface area contributed by atoms with Crippen molar-refractivity contribution in [2.45, 2.75) is 11.5 Å². The molecule has 0 spiro atoms. The third kappa shape index (κ3) is 3.84. The van der Waals surface area contributed by atoms with Crippen molar-refractivity contribution in [1.29, 1.82) is 0 Å². The topological polar surface area (TPSA) is 51.9 Å². The number of hydrogen-bond donors (Lipinski definition) is 0. The molecule has 0 saturated heterocycles. The number of thioether (sulfide) groups is 1. The van der Waals surface area contributed by atoms with E-state index in [-0.39, 0.29) is 18.3 Å². The summed E-state index contributed by atoms with van der Waals surface area (Å²) in [5.74, 6) is 2.73. The lowest BCUT2D eigenvalue weighted by molar-refractivity contribution is 0.0957. The van der Waals surface area contributed by atoms with Gasteiger partial charge in [-0.25, -0.2) is 0 Å². The molecule has 1 aromatic heterocycles. The van der Waals surface area contributed by atoms with Gasteiger partial charge >= 0.3 is 0 Å². The van der Waals surface area contributed by atoms with Gasteiger partial charge in [-0.1, -0.05) is 23.7 Å². The molecule has 7 heteroatoms. The Bertz CT molecular complexity index is 1000. The molecule has 0 aliphatic carbocycles. The fraction of sp³-hybridized carbons (Fsp3) is 0.190. The first kappa shape index (κ1) is 18.8. The molecule has 2 aromatic carbocycles. The molecule has 0 N–H and O–H groups in total. The van der Waals surface area contributed by atoms with Crippen molar-refractivity contribution in [2.24, 2.45) is 0 Å². The summed E-state index contributed by atoms with van der Waals surface area (Å²) in [6.45, 7) is 0.802. The van der Waals surface area contributed by atoms with E-state index < -0.39 is 0 Å². The predicted octanol–water partition coefficient (Wildman–Crippen LogP) is 5.27. The van der Waals surface area contributed by atoms with Crippen LogP contribution in [0, 0.1) is 0 Å². The number of hydrogen-bond acceptors (Lipinski definition) is 5. The van der Waals surface area contributed by atoms with Crippen molar-refractivity contribution >= 4 is 35.0 Å². The Labute approximate surface area is 172 Å². The van der Waals surface area contributed by atoms with Crippen molar-refractivity contribution in [1.82, 2.24) is 0 Å². The van der Waals surface area contributed by atoms with Gasteiger partial charge in [-0.2, -0.15) is 0 Å². The number of para-hydroxylation sites is 2. The number of fused-ring (bicyclic) bond motifs is 1. The summed E-state index contributed by atoms with van der Waals surface area (Å²) in [7, 11) is 1.59. The van der Waals surface area contributed by atoms with E-state index in [9.17, 15) is 4.79 Å². The summed E-state index contributed by atoms with van der Waals surface area (Å²) in [6, 6.07) is 16.4. The van der Waals surface area contributed by atoms with E-state index in [0.29, 0.717) is 28.8 Å².